The van der Waals surface area contributed by atoms with Crippen molar-refractivity contribution in [1.82, 2.24) is 4.31 Å². The summed E-state index contributed by atoms with van der Waals surface area (Å²) in [6.07, 6.45) is 3.08. The Bertz CT molecular complexity index is 553. The van der Waals surface area contributed by atoms with Gasteiger partial charge in [0.25, 0.3) is 0 Å². The van der Waals surface area contributed by atoms with Crippen molar-refractivity contribution in [1.29, 1.82) is 0 Å². The molecule has 1 unspecified atom stereocenters. The second kappa shape index (κ2) is 5.40. The van der Waals surface area contributed by atoms with Gasteiger partial charge >= 0.3 is 0 Å². The third-order valence-electron chi connectivity index (χ3n) is 3.08. The van der Waals surface area contributed by atoms with Crippen LogP contribution >= 0.6 is 27.3 Å². The van der Waals surface area contributed by atoms with E-state index in [4.69, 9.17) is 0 Å². The van der Waals surface area contributed by atoms with Crippen LogP contribution in [-0.4, -0.2) is 31.6 Å². The van der Waals surface area contributed by atoms with E-state index >= 15 is 0 Å². The Morgan fingerprint density at radius 2 is 2.22 bits per heavy atom. The van der Waals surface area contributed by atoms with Gasteiger partial charge in [-0.15, -0.1) is 11.3 Å². The van der Waals surface area contributed by atoms with Crippen molar-refractivity contribution in [3.8, 4) is 0 Å². The van der Waals surface area contributed by atoms with Crippen LogP contribution in [-0.2, 0) is 14.8 Å². The first kappa shape index (κ1) is 14.2. The minimum absolute atomic E-state index is 0.313. The van der Waals surface area contributed by atoms with E-state index in [2.05, 4.69) is 15.9 Å². The summed E-state index contributed by atoms with van der Waals surface area (Å²) in [5, 5.41) is 0. The van der Waals surface area contributed by atoms with E-state index in [1.54, 1.807) is 13.0 Å². The lowest BCUT2D eigenvalue weighted by molar-refractivity contribution is -0.111. The smallest absolute Gasteiger partial charge is 0.244 e. The Hall–Kier alpha value is -0.240. The van der Waals surface area contributed by atoms with Crippen LogP contribution in [0.1, 0.15) is 24.1 Å². The van der Waals surface area contributed by atoms with Crippen molar-refractivity contribution in [3.05, 3.63) is 14.7 Å². The van der Waals surface area contributed by atoms with Gasteiger partial charge in [-0.3, -0.25) is 0 Å². The Balaban J connectivity index is 2.41. The second-order valence-corrected chi connectivity index (χ2v) is 8.78. The standard InChI is InChI=1S/C11H14BrNO3S2/c1-8-10(6-11(12)17-8)18(15,16)13-5-3-2-4-9(13)7-14/h6-7,9H,2-5H2,1H3. The Labute approximate surface area is 119 Å². The molecule has 1 fully saturated rings. The van der Waals surface area contributed by atoms with Crippen LogP contribution in [0.5, 0.6) is 0 Å². The highest BCUT2D eigenvalue weighted by molar-refractivity contribution is 9.11. The highest BCUT2D eigenvalue weighted by Crippen LogP contribution is 2.33. The van der Waals surface area contributed by atoms with E-state index in [1.165, 1.54) is 15.6 Å². The maximum Gasteiger partial charge on any atom is 0.244 e. The first-order valence-corrected chi connectivity index (χ1v) is 8.75. The molecule has 2 heterocycles. The molecule has 4 nitrogen and oxygen atoms in total. The summed E-state index contributed by atoms with van der Waals surface area (Å²) in [5.74, 6) is 0. The summed E-state index contributed by atoms with van der Waals surface area (Å²) in [5.41, 5.74) is 0. The molecule has 100 valence electrons. The number of nitrogens with zero attached hydrogens (tertiary/aromatic N) is 1. The highest BCUT2D eigenvalue weighted by Gasteiger charge is 2.34. The molecular weight excluding hydrogens is 338 g/mol. The van der Waals surface area contributed by atoms with Crippen molar-refractivity contribution in [2.75, 3.05) is 6.54 Å². The van der Waals surface area contributed by atoms with E-state index in [0.29, 0.717) is 17.9 Å². The first-order chi connectivity index (χ1) is 8.46. The number of thiophene rings is 1. The number of carbonyl (C=O) groups excluding carboxylic acids is 1. The fourth-order valence-corrected chi connectivity index (χ4v) is 6.20. The van der Waals surface area contributed by atoms with Gasteiger partial charge in [0, 0.05) is 11.4 Å². The highest BCUT2D eigenvalue weighted by atomic mass is 79.9. The molecular formula is C11H14BrNO3S2. The lowest BCUT2D eigenvalue weighted by Crippen LogP contribution is -2.44. The number of hydrogen-bond acceptors (Lipinski definition) is 4. The maximum atomic E-state index is 12.5. The Morgan fingerprint density at radius 3 is 2.78 bits per heavy atom. The van der Waals surface area contributed by atoms with Gasteiger partial charge < -0.3 is 4.79 Å². The minimum atomic E-state index is -3.55. The van der Waals surface area contributed by atoms with Gasteiger partial charge in [-0.1, -0.05) is 6.42 Å². The zero-order valence-electron chi connectivity index (χ0n) is 9.93. The summed E-state index contributed by atoms with van der Waals surface area (Å²) in [7, 11) is -3.55. The van der Waals surface area contributed by atoms with E-state index in [1.807, 2.05) is 0 Å². The van der Waals surface area contributed by atoms with Crippen molar-refractivity contribution in [2.24, 2.45) is 0 Å². The van der Waals surface area contributed by atoms with Gasteiger partial charge in [0.1, 0.15) is 6.29 Å². The van der Waals surface area contributed by atoms with Crippen LogP contribution < -0.4 is 0 Å². The van der Waals surface area contributed by atoms with Gasteiger partial charge in [-0.05, 0) is 41.8 Å². The molecule has 0 aliphatic carbocycles. The molecule has 18 heavy (non-hydrogen) atoms. The van der Waals surface area contributed by atoms with Crippen molar-refractivity contribution >= 4 is 43.6 Å². The van der Waals surface area contributed by atoms with Crippen molar-refractivity contribution < 1.29 is 13.2 Å². The molecule has 1 aliphatic rings. The van der Waals surface area contributed by atoms with E-state index in [0.717, 1.165) is 27.8 Å². The molecule has 0 N–H and O–H groups in total. The first-order valence-electron chi connectivity index (χ1n) is 5.70. The summed E-state index contributed by atoms with van der Waals surface area (Å²) < 4.78 is 27.2. The maximum absolute atomic E-state index is 12.5. The lowest BCUT2D eigenvalue weighted by atomic mass is 10.1. The molecule has 1 atom stereocenters. The Morgan fingerprint density at radius 1 is 1.50 bits per heavy atom. The van der Waals surface area contributed by atoms with Crippen molar-refractivity contribution in [3.63, 3.8) is 0 Å². The predicted octanol–water partition coefficient (Wildman–Crippen LogP) is 2.56. The normalized spacial score (nSPS) is 22.0. The number of halogens is 1. The minimum Gasteiger partial charge on any atom is -0.302 e. The third-order valence-corrected chi connectivity index (χ3v) is 6.82. The monoisotopic (exact) mass is 351 g/mol. The number of aryl methyl sites for hydroxylation is 1. The average molecular weight is 352 g/mol. The number of piperidine rings is 1. The molecule has 1 aliphatic heterocycles. The molecule has 0 spiro atoms. The van der Waals surface area contributed by atoms with Gasteiger partial charge in [0.15, 0.2) is 0 Å². The zero-order valence-corrected chi connectivity index (χ0v) is 13.1. The van der Waals surface area contributed by atoms with Crippen LogP contribution in [0.15, 0.2) is 14.7 Å². The number of aldehydes is 1. The molecule has 7 heteroatoms. The molecule has 1 saturated heterocycles. The lowest BCUT2D eigenvalue weighted by Gasteiger charge is -2.31. The van der Waals surface area contributed by atoms with E-state index in [9.17, 15) is 13.2 Å². The zero-order chi connectivity index (χ0) is 13.3. The van der Waals surface area contributed by atoms with Crippen LogP contribution in [0.25, 0.3) is 0 Å². The van der Waals surface area contributed by atoms with Crippen LogP contribution in [0.4, 0.5) is 0 Å². The molecule has 0 saturated carbocycles. The third kappa shape index (κ3) is 2.54. The molecule has 0 aromatic carbocycles. The number of sulfonamides is 1. The molecule has 0 amide bonds. The molecule has 1 aromatic heterocycles. The SMILES string of the molecule is Cc1sc(Br)cc1S(=O)(=O)N1CCCCC1C=O. The molecule has 1 aromatic rings. The number of carbonyl (C=O) groups is 1. The van der Waals surface area contributed by atoms with Gasteiger partial charge in [0.05, 0.1) is 14.7 Å². The fraction of sp³-hybridized carbons (Fsp3) is 0.545. The predicted molar refractivity (Wildman–Crippen MR) is 74.4 cm³/mol. The van der Waals surface area contributed by atoms with E-state index < -0.39 is 16.1 Å². The van der Waals surface area contributed by atoms with Gasteiger partial charge in [-0.2, -0.15) is 4.31 Å². The summed E-state index contributed by atoms with van der Waals surface area (Å²) in [6.45, 7) is 2.21. The van der Waals surface area contributed by atoms with Crippen LogP contribution in [0, 0.1) is 6.92 Å². The number of hydrogen-bond donors (Lipinski definition) is 0. The van der Waals surface area contributed by atoms with E-state index in [-0.39, 0.29) is 0 Å². The summed E-state index contributed by atoms with van der Waals surface area (Å²) in [6, 6.07) is 1.10. The van der Waals surface area contributed by atoms with Crippen LogP contribution in [0.2, 0.25) is 0 Å². The largest absolute Gasteiger partial charge is 0.302 e. The molecule has 2 rings (SSSR count). The summed E-state index contributed by atoms with van der Waals surface area (Å²) >= 11 is 4.69. The second-order valence-electron chi connectivity index (χ2n) is 4.29. The topological polar surface area (TPSA) is 54.5 Å². The molecule has 0 radical (unpaired) electrons. The molecule has 0 bridgehead atoms. The average Bonchev–Trinajstić information content (AvgIpc) is 2.69. The fourth-order valence-electron chi connectivity index (χ4n) is 2.18. The van der Waals surface area contributed by atoms with Gasteiger partial charge in [0.2, 0.25) is 10.0 Å². The summed E-state index contributed by atoms with van der Waals surface area (Å²) in [4.78, 5) is 12.1. The van der Waals surface area contributed by atoms with Crippen LogP contribution in [0.3, 0.4) is 0 Å². The quantitative estimate of drug-likeness (QED) is 0.786. The van der Waals surface area contributed by atoms with Crippen molar-refractivity contribution in [2.45, 2.75) is 37.1 Å². The number of rotatable bonds is 3. The van der Waals surface area contributed by atoms with Gasteiger partial charge in [-0.25, -0.2) is 8.42 Å². The Kier molecular flexibility index (Phi) is 4.25.